The fraction of sp³-hybridized carbons (Fsp3) is 0.600. The minimum Gasteiger partial charge on any atom is -0.458 e. The molecule has 0 aromatic heterocycles. The molecule has 0 saturated carbocycles. The second-order valence-corrected chi connectivity index (χ2v) is 8.75. The summed E-state index contributed by atoms with van der Waals surface area (Å²) in [5.74, 6) is -2.32. The largest absolute Gasteiger partial charge is 0.508 e. The molecule has 0 aliphatic carbocycles. The van der Waals surface area contributed by atoms with Crippen molar-refractivity contribution in [1.29, 1.82) is 0 Å². The van der Waals surface area contributed by atoms with Crippen molar-refractivity contribution in [3.05, 3.63) is 23.8 Å². The fourth-order valence-electron chi connectivity index (χ4n) is 2.48. The Labute approximate surface area is 206 Å². The standard InChI is InChI=1S/C25H37NO9/c1-7-8-11-31-25(30)32-14-17(6)33-24(29)19(26)12-18-9-10-20(34-22(27)15(2)3)21(13-18)35-23(28)16(4)5/h9-10,13,15-17,19H,7-8,11-12,14,26H2,1-6H3/t17-,19-/m0/s1. The molecule has 1 aromatic rings. The monoisotopic (exact) mass is 495 g/mol. The van der Waals surface area contributed by atoms with Crippen LogP contribution in [0.5, 0.6) is 11.5 Å². The molecule has 0 fully saturated rings. The van der Waals surface area contributed by atoms with Gasteiger partial charge in [-0.05, 0) is 37.5 Å². The first-order chi connectivity index (χ1) is 16.4. The lowest BCUT2D eigenvalue weighted by Crippen LogP contribution is -2.37. The molecule has 1 rings (SSSR count). The van der Waals surface area contributed by atoms with E-state index in [1.54, 1.807) is 40.7 Å². The zero-order chi connectivity index (χ0) is 26.5. The molecule has 10 heteroatoms. The molecule has 2 N–H and O–H groups in total. The summed E-state index contributed by atoms with van der Waals surface area (Å²) in [4.78, 5) is 48.0. The Hall–Kier alpha value is -3.14. The van der Waals surface area contributed by atoms with Gasteiger partial charge in [0.15, 0.2) is 11.5 Å². The number of rotatable bonds is 13. The van der Waals surface area contributed by atoms with E-state index in [0.717, 1.165) is 12.8 Å². The Bertz CT molecular complexity index is 866. The smallest absolute Gasteiger partial charge is 0.458 e. The first-order valence-corrected chi connectivity index (χ1v) is 11.8. The molecule has 35 heavy (non-hydrogen) atoms. The van der Waals surface area contributed by atoms with Crippen LogP contribution in [0.3, 0.4) is 0 Å². The van der Waals surface area contributed by atoms with Gasteiger partial charge in [-0.3, -0.25) is 14.4 Å². The lowest BCUT2D eigenvalue weighted by Gasteiger charge is -2.18. The molecule has 196 valence electrons. The summed E-state index contributed by atoms with van der Waals surface area (Å²) in [6, 6.07) is 3.56. The van der Waals surface area contributed by atoms with Crippen molar-refractivity contribution >= 4 is 24.1 Å². The van der Waals surface area contributed by atoms with Crippen molar-refractivity contribution in [3.63, 3.8) is 0 Å². The normalized spacial score (nSPS) is 12.6. The van der Waals surface area contributed by atoms with E-state index in [1.165, 1.54) is 12.1 Å². The number of esters is 3. The number of ether oxygens (including phenoxy) is 5. The molecule has 0 spiro atoms. The predicted octanol–water partition coefficient (Wildman–Crippen LogP) is 3.56. The van der Waals surface area contributed by atoms with Gasteiger partial charge in [-0.25, -0.2) is 4.79 Å². The van der Waals surface area contributed by atoms with Crippen molar-refractivity contribution in [3.8, 4) is 11.5 Å². The number of hydrogen-bond acceptors (Lipinski definition) is 10. The number of carbonyl (C=O) groups is 4. The zero-order valence-electron chi connectivity index (χ0n) is 21.3. The van der Waals surface area contributed by atoms with Crippen LogP contribution in [-0.2, 0) is 35.0 Å². The second-order valence-electron chi connectivity index (χ2n) is 8.75. The predicted molar refractivity (Wildman–Crippen MR) is 127 cm³/mol. The Kier molecular flexibility index (Phi) is 12.8. The molecular weight excluding hydrogens is 458 g/mol. The van der Waals surface area contributed by atoms with E-state index in [9.17, 15) is 19.2 Å². The van der Waals surface area contributed by atoms with Crippen molar-refractivity contribution in [2.24, 2.45) is 17.6 Å². The van der Waals surface area contributed by atoms with Gasteiger partial charge in [0, 0.05) is 0 Å². The Morgan fingerprint density at radius 1 is 0.857 bits per heavy atom. The SMILES string of the molecule is CCCCOC(=O)OC[C@H](C)OC(=O)[C@@H](N)Cc1ccc(OC(=O)C(C)C)c(OC(=O)C(C)C)c1. The summed E-state index contributed by atoms with van der Waals surface area (Å²) in [5, 5.41) is 0. The molecule has 0 radical (unpaired) electrons. The lowest BCUT2D eigenvalue weighted by atomic mass is 10.1. The quantitative estimate of drug-likeness (QED) is 0.245. The average molecular weight is 496 g/mol. The van der Waals surface area contributed by atoms with Gasteiger partial charge in [-0.1, -0.05) is 47.1 Å². The molecule has 0 amide bonds. The van der Waals surface area contributed by atoms with Crippen LogP contribution in [0.2, 0.25) is 0 Å². The molecule has 0 aliphatic rings. The molecule has 0 heterocycles. The highest BCUT2D eigenvalue weighted by atomic mass is 16.7. The van der Waals surface area contributed by atoms with Gasteiger partial charge < -0.3 is 29.4 Å². The number of carbonyl (C=O) groups excluding carboxylic acids is 4. The molecule has 10 nitrogen and oxygen atoms in total. The molecule has 0 saturated heterocycles. The van der Waals surface area contributed by atoms with E-state index in [4.69, 9.17) is 29.4 Å². The zero-order valence-corrected chi connectivity index (χ0v) is 21.3. The minimum atomic E-state index is -1.04. The van der Waals surface area contributed by atoms with Crippen LogP contribution in [0.1, 0.15) is 59.9 Å². The van der Waals surface area contributed by atoms with Crippen LogP contribution in [-0.4, -0.2) is 49.4 Å². The van der Waals surface area contributed by atoms with Gasteiger partial charge >= 0.3 is 24.1 Å². The van der Waals surface area contributed by atoms with Gasteiger partial charge in [0.1, 0.15) is 18.8 Å². The Morgan fingerprint density at radius 2 is 1.46 bits per heavy atom. The van der Waals surface area contributed by atoms with Gasteiger partial charge in [-0.2, -0.15) is 0 Å². The van der Waals surface area contributed by atoms with Crippen LogP contribution in [0, 0.1) is 11.8 Å². The number of unbranched alkanes of at least 4 members (excludes halogenated alkanes) is 1. The van der Waals surface area contributed by atoms with E-state index < -0.39 is 42.1 Å². The molecule has 0 unspecified atom stereocenters. The summed E-state index contributed by atoms with van der Waals surface area (Å²) in [6.07, 6.45) is 0.122. The van der Waals surface area contributed by atoms with Gasteiger partial charge in [0.25, 0.3) is 0 Å². The maximum atomic E-state index is 12.4. The van der Waals surface area contributed by atoms with Crippen LogP contribution in [0.25, 0.3) is 0 Å². The highest BCUT2D eigenvalue weighted by molar-refractivity contribution is 5.78. The first kappa shape index (κ1) is 29.9. The van der Waals surface area contributed by atoms with Gasteiger partial charge in [0.05, 0.1) is 18.4 Å². The summed E-state index contributed by atoms with van der Waals surface area (Å²) < 4.78 is 25.7. The topological polar surface area (TPSA) is 140 Å². The van der Waals surface area contributed by atoms with Gasteiger partial charge in [0.2, 0.25) is 0 Å². The molecule has 0 aliphatic heterocycles. The van der Waals surface area contributed by atoms with E-state index in [2.05, 4.69) is 0 Å². The van der Waals surface area contributed by atoms with Crippen LogP contribution in [0.15, 0.2) is 18.2 Å². The average Bonchev–Trinajstić information content (AvgIpc) is 2.79. The second kappa shape index (κ2) is 15.0. The van der Waals surface area contributed by atoms with E-state index in [-0.39, 0.29) is 37.1 Å². The lowest BCUT2D eigenvalue weighted by molar-refractivity contribution is -0.152. The van der Waals surface area contributed by atoms with E-state index >= 15 is 0 Å². The molecule has 1 aromatic carbocycles. The van der Waals surface area contributed by atoms with Crippen LogP contribution >= 0.6 is 0 Å². The van der Waals surface area contributed by atoms with E-state index in [1.807, 2.05) is 6.92 Å². The van der Waals surface area contributed by atoms with Crippen LogP contribution in [0.4, 0.5) is 4.79 Å². The Morgan fingerprint density at radius 3 is 2.03 bits per heavy atom. The maximum absolute atomic E-state index is 12.4. The summed E-state index contributed by atoms with van der Waals surface area (Å²) >= 11 is 0. The highest BCUT2D eigenvalue weighted by Gasteiger charge is 2.22. The third kappa shape index (κ3) is 11.2. The summed E-state index contributed by atoms with van der Waals surface area (Å²) in [6.45, 7) is 10.3. The number of hydrogen-bond donors (Lipinski definition) is 1. The Balaban J connectivity index is 2.77. The van der Waals surface area contributed by atoms with E-state index in [0.29, 0.717) is 5.56 Å². The molecule has 2 atom stereocenters. The van der Waals surface area contributed by atoms with Crippen molar-refractivity contribution in [1.82, 2.24) is 0 Å². The highest BCUT2D eigenvalue weighted by Crippen LogP contribution is 2.30. The summed E-state index contributed by atoms with van der Waals surface area (Å²) in [7, 11) is 0. The fourth-order valence-corrected chi connectivity index (χ4v) is 2.48. The van der Waals surface area contributed by atoms with Gasteiger partial charge in [-0.15, -0.1) is 0 Å². The maximum Gasteiger partial charge on any atom is 0.508 e. The number of nitrogens with two attached hydrogens (primary N) is 1. The third-order valence-corrected chi connectivity index (χ3v) is 4.60. The van der Waals surface area contributed by atoms with Crippen LogP contribution < -0.4 is 15.2 Å². The van der Waals surface area contributed by atoms with Crippen molar-refractivity contribution < 1.29 is 42.9 Å². The van der Waals surface area contributed by atoms with Crippen molar-refractivity contribution in [2.45, 2.75) is 73.0 Å². The van der Waals surface area contributed by atoms with Crippen molar-refractivity contribution in [2.75, 3.05) is 13.2 Å². The summed E-state index contributed by atoms with van der Waals surface area (Å²) in [5.41, 5.74) is 6.56. The first-order valence-electron chi connectivity index (χ1n) is 11.8. The minimum absolute atomic E-state index is 0.0547. The molecular formula is C25H37NO9. The molecule has 0 bridgehead atoms. The third-order valence-electron chi connectivity index (χ3n) is 4.60. The number of benzene rings is 1.